The maximum atomic E-state index is 12.8. The number of anilines is 1. The van der Waals surface area contributed by atoms with Crippen LogP contribution in [0.1, 0.15) is 48.5 Å². The van der Waals surface area contributed by atoms with Gasteiger partial charge in [0.15, 0.2) is 0 Å². The van der Waals surface area contributed by atoms with Crippen molar-refractivity contribution in [2.24, 2.45) is 5.92 Å². The average Bonchev–Trinajstić information content (AvgIpc) is 2.40. The molecule has 0 aromatic heterocycles. The summed E-state index contributed by atoms with van der Waals surface area (Å²) in [6.45, 7) is 2.03. The number of nitrogens with one attached hydrogen (secondary N) is 1. The Morgan fingerprint density at radius 3 is 2.52 bits per heavy atom. The van der Waals surface area contributed by atoms with Crippen molar-refractivity contribution < 1.29 is 23.1 Å². The van der Waals surface area contributed by atoms with E-state index >= 15 is 0 Å². The highest BCUT2D eigenvalue weighted by molar-refractivity contribution is 5.94. The molecule has 0 heterocycles. The molecule has 0 amide bonds. The van der Waals surface area contributed by atoms with Crippen molar-refractivity contribution in [3.05, 3.63) is 29.3 Å². The Bertz CT molecular complexity index is 528. The summed E-state index contributed by atoms with van der Waals surface area (Å²) in [4.78, 5) is 11.2. The van der Waals surface area contributed by atoms with E-state index in [2.05, 4.69) is 5.32 Å². The second-order valence-electron chi connectivity index (χ2n) is 5.58. The SMILES string of the molecule is C[C@H]1CCCC[C@H]1Nc1cc(C(F)(F)F)ccc1C(=O)O. The topological polar surface area (TPSA) is 49.3 Å². The van der Waals surface area contributed by atoms with E-state index in [-0.39, 0.29) is 17.3 Å². The maximum Gasteiger partial charge on any atom is 0.416 e. The van der Waals surface area contributed by atoms with Crippen LogP contribution < -0.4 is 5.32 Å². The lowest BCUT2D eigenvalue weighted by atomic mass is 9.85. The molecule has 1 aromatic carbocycles. The molecule has 116 valence electrons. The summed E-state index contributed by atoms with van der Waals surface area (Å²) in [5.41, 5.74) is -0.907. The van der Waals surface area contributed by atoms with Crippen molar-refractivity contribution in [3.8, 4) is 0 Å². The third-order valence-corrected chi connectivity index (χ3v) is 4.03. The number of aromatic carboxylic acids is 1. The molecule has 0 radical (unpaired) electrons. The van der Waals surface area contributed by atoms with Gasteiger partial charge in [-0.25, -0.2) is 4.79 Å². The van der Waals surface area contributed by atoms with Gasteiger partial charge in [0.25, 0.3) is 0 Å². The molecule has 1 saturated carbocycles. The van der Waals surface area contributed by atoms with Crippen molar-refractivity contribution in [3.63, 3.8) is 0 Å². The lowest BCUT2D eigenvalue weighted by Gasteiger charge is -2.31. The van der Waals surface area contributed by atoms with E-state index in [0.29, 0.717) is 5.92 Å². The zero-order chi connectivity index (χ0) is 15.6. The first-order chi connectivity index (χ1) is 9.79. The smallest absolute Gasteiger partial charge is 0.416 e. The van der Waals surface area contributed by atoms with Crippen LogP contribution in [0.4, 0.5) is 18.9 Å². The number of carboxylic acids is 1. The molecule has 1 aromatic rings. The Balaban J connectivity index is 2.32. The molecule has 21 heavy (non-hydrogen) atoms. The molecule has 2 atom stereocenters. The summed E-state index contributed by atoms with van der Waals surface area (Å²) in [6, 6.07) is 2.73. The number of hydrogen-bond acceptors (Lipinski definition) is 2. The van der Waals surface area contributed by atoms with Gasteiger partial charge in [-0.1, -0.05) is 19.8 Å². The van der Waals surface area contributed by atoms with Gasteiger partial charge in [-0.2, -0.15) is 13.2 Å². The van der Waals surface area contributed by atoms with E-state index in [1.165, 1.54) is 0 Å². The van der Waals surface area contributed by atoms with Gasteiger partial charge in [0.2, 0.25) is 0 Å². The van der Waals surface area contributed by atoms with Crippen molar-refractivity contribution in [1.82, 2.24) is 0 Å². The lowest BCUT2D eigenvalue weighted by Crippen LogP contribution is -2.31. The second-order valence-corrected chi connectivity index (χ2v) is 5.58. The third kappa shape index (κ3) is 3.68. The molecule has 3 nitrogen and oxygen atoms in total. The Kier molecular flexibility index (Phi) is 4.44. The van der Waals surface area contributed by atoms with Crippen LogP contribution in [0.2, 0.25) is 0 Å². The molecule has 0 bridgehead atoms. The number of halogens is 3. The quantitative estimate of drug-likeness (QED) is 0.870. The van der Waals surface area contributed by atoms with Gasteiger partial charge in [0.1, 0.15) is 0 Å². The van der Waals surface area contributed by atoms with E-state index < -0.39 is 17.7 Å². The number of rotatable bonds is 3. The van der Waals surface area contributed by atoms with Gasteiger partial charge in [0.05, 0.1) is 11.1 Å². The predicted octanol–water partition coefficient (Wildman–Crippen LogP) is 4.39. The van der Waals surface area contributed by atoms with Crippen LogP contribution in [0.3, 0.4) is 0 Å². The monoisotopic (exact) mass is 301 g/mol. The third-order valence-electron chi connectivity index (χ3n) is 4.03. The molecule has 0 spiro atoms. The standard InChI is InChI=1S/C15H18F3NO2/c1-9-4-2-3-5-12(9)19-13-8-10(15(16,17)18)6-7-11(13)14(20)21/h6-9,12,19H,2-5H2,1H3,(H,20,21)/t9-,12+/m0/s1. The fourth-order valence-electron chi connectivity index (χ4n) is 2.76. The van der Waals surface area contributed by atoms with Crippen LogP contribution in [-0.4, -0.2) is 17.1 Å². The van der Waals surface area contributed by atoms with Crippen LogP contribution >= 0.6 is 0 Å². The lowest BCUT2D eigenvalue weighted by molar-refractivity contribution is -0.137. The zero-order valence-electron chi connectivity index (χ0n) is 11.7. The molecular formula is C15H18F3NO2. The van der Waals surface area contributed by atoms with Crippen molar-refractivity contribution in [2.45, 2.75) is 44.8 Å². The molecular weight excluding hydrogens is 283 g/mol. The highest BCUT2D eigenvalue weighted by atomic mass is 19.4. The van der Waals surface area contributed by atoms with Crippen LogP contribution in [0.25, 0.3) is 0 Å². The minimum absolute atomic E-state index is 0.0142. The highest BCUT2D eigenvalue weighted by Crippen LogP contribution is 2.34. The van der Waals surface area contributed by atoms with E-state index in [1.807, 2.05) is 6.92 Å². The normalized spacial score (nSPS) is 22.9. The van der Waals surface area contributed by atoms with Crippen LogP contribution in [-0.2, 0) is 6.18 Å². The Hall–Kier alpha value is -1.72. The van der Waals surface area contributed by atoms with E-state index in [4.69, 9.17) is 5.11 Å². The van der Waals surface area contributed by atoms with Gasteiger partial charge in [-0.3, -0.25) is 0 Å². The number of carboxylic acid groups (broad SMARTS) is 1. The number of alkyl halides is 3. The van der Waals surface area contributed by atoms with Gasteiger partial charge in [-0.05, 0) is 37.0 Å². The molecule has 1 fully saturated rings. The van der Waals surface area contributed by atoms with Crippen molar-refractivity contribution in [2.75, 3.05) is 5.32 Å². The Morgan fingerprint density at radius 1 is 1.29 bits per heavy atom. The molecule has 0 unspecified atom stereocenters. The Morgan fingerprint density at radius 2 is 1.95 bits per heavy atom. The molecule has 0 saturated heterocycles. The maximum absolute atomic E-state index is 12.8. The van der Waals surface area contributed by atoms with Crippen LogP contribution in [0.5, 0.6) is 0 Å². The van der Waals surface area contributed by atoms with Crippen molar-refractivity contribution >= 4 is 11.7 Å². The van der Waals surface area contributed by atoms with Crippen molar-refractivity contribution in [1.29, 1.82) is 0 Å². The minimum atomic E-state index is -4.48. The molecule has 0 aliphatic heterocycles. The first-order valence-electron chi connectivity index (χ1n) is 7.00. The predicted molar refractivity (Wildman–Crippen MR) is 73.4 cm³/mol. The van der Waals surface area contributed by atoms with E-state index in [0.717, 1.165) is 43.9 Å². The summed E-state index contributed by atoms with van der Waals surface area (Å²) in [5, 5.41) is 12.1. The summed E-state index contributed by atoms with van der Waals surface area (Å²) < 4.78 is 38.3. The first-order valence-corrected chi connectivity index (χ1v) is 7.00. The van der Waals surface area contributed by atoms with Gasteiger partial charge < -0.3 is 10.4 Å². The summed E-state index contributed by atoms with van der Waals surface area (Å²) in [6.07, 6.45) is -0.530. The number of hydrogen-bond donors (Lipinski definition) is 2. The average molecular weight is 301 g/mol. The first kappa shape index (κ1) is 15.7. The molecule has 1 aliphatic carbocycles. The number of benzene rings is 1. The van der Waals surface area contributed by atoms with E-state index in [1.54, 1.807) is 0 Å². The summed E-state index contributed by atoms with van der Waals surface area (Å²) >= 11 is 0. The fourth-order valence-corrected chi connectivity index (χ4v) is 2.76. The van der Waals surface area contributed by atoms with E-state index in [9.17, 15) is 18.0 Å². The molecule has 2 rings (SSSR count). The second kappa shape index (κ2) is 5.95. The molecule has 6 heteroatoms. The molecule has 2 N–H and O–H groups in total. The van der Waals surface area contributed by atoms with Crippen LogP contribution in [0, 0.1) is 5.92 Å². The highest BCUT2D eigenvalue weighted by Gasteiger charge is 2.32. The minimum Gasteiger partial charge on any atom is -0.478 e. The number of carbonyl (C=O) groups is 1. The van der Waals surface area contributed by atoms with Gasteiger partial charge >= 0.3 is 12.1 Å². The van der Waals surface area contributed by atoms with Gasteiger partial charge in [-0.15, -0.1) is 0 Å². The Labute approximate surface area is 121 Å². The molecule has 1 aliphatic rings. The summed E-state index contributed by atoms with van der Waals surface area (Å²) in [7, 11) is 0. The van der Waals surface area contributed by atoms with Gasteiger partial charge in [0, 0.05) is 11.7 Å². The fraction of sp³-hybridized carbons (Fsp3) is 0.533. The zero-order valence-corrected chi connectivity index (χ0v) is 11.7. The largest absolute Gasteiger partial charge is 0.478 e. The van der Waals surface area contributed by atoms with Crippen LogP contribution in [0.15, 0.2) is 18.2 Å². The summed E-state index contributed by atoms with van der Waals surface area (Å²) in [5.74, 6) is -0.912.